The summed E-state index contributed by atoms with van der Waals surface area (Å²) in [5.41, 5.74) is 8.35. The molecule has 0 atom stereocenters. The fraction of sp³-hybridized carbons (Fsp3) is 0.259. The number of nitriles is 1. The first kappa shape index (κ1) is 18.7. The molecule has 0 radical (unpaired) electrons. The van der Waals surface area contributed by atoms with E-state index in [4.69, 9.17) is 10.2 Å². The van der Waals surface area contributed by atoms with Crippen molar-refractivity contribution in [2.45, 2.75) is 13.0 Å². The minimum absolute atomic E-state index is 0.480. The maximum absolute atomic E-state index is 9.12. The highest BCUT2D eigenvalue weighted by Crippen LogP contribution is 2.39. The van der Waals surface area contributed by atoms with Crippen molar-refractivity contribution in [3.8, 4) is 34.4 Å². The van der Waals surface area contributed by atoms with Crippen LogP contribution in [-0.2, 0) is 6.54 Å². The van der Waals surface area contributed by atoms with E-state index in [2.05, 4.69) is 62.1 Å². The lowest BCUT2D eigenvalue weighted by molar-refractivity contribution is 0.200. The molecule has 0 saturated carbocycles. The third-order valence-electron chi connectivity index (χ3n) is 7.58. The van der Waals surface area contributed by atoms with E-state index in [9.17, 15) is 0 Å². The lowest BCUT2D eigenvalue weighted by Gasteiger charge is -2.39. The van der Waals surface area contributed by atoms with Crippen molar-refractivity contribution in [1.29, 1.82) is 5.26 Å². The molecule has 33 heavy (non-hydrogen) atoms. The normalized spacial score (nSPS) is 17.6. The Balaban J connectivity index is 1.29. The van der Waals surface area contributed by atoms with Crippen LogP contribution in [0.2, 0.25) is 0 Å². The lowest BCUT2D eigenvalue weighted by Crippen LogP contribution is -2.54. The molecule has 4 aromatic rings. The number of rotatable bonds is 2. The van der Waals surface area contributed by atoms with Gasteiger partial charge < -0.3 is 14.8 Å². The van der Waals surface area contributed by atoms with Crippen LogP contribution in [0.25, 0.3) is 28.3 Å². The van der Waals surface area contributed by atoms with Crippen LogP contribution in [0.5, 0.6) is 0 Å². The second kappa shape index (κ2) is 6.84. The molecule has 1 spiro atoms. The number of benzene rings is 2. The van der Waals surface area contributed by atoms with Crippen molar-refractivity contribution in [3.63, 3.8) is 0 Å². The van der Waals surface area contributed by atoms with Crippen molar-refractivity contribution in [2.75, 3.05) is 31.1 Å². The number of fused-ring (bicyclic) bond motifs is 5. The van der Waals surface area contributed by atoms with E-state index in [1.807, 2.05) is 30.5 Å². The Morgan fingerprint density at radius 1 is 1.03 bits per heavy atom. The van der Waals surface area contributed by atoms with Crippen LogP contribution in [0.1, 0.15) is 17.5 Å². The molecular formula is C27H24N6. The first-order valence-electron chi connectivity index (χ1n) is 11.5. The predicted molar refractivity (Wildman–Crippen MR) is 128 cm³/mol. The topological polar surface area (TPSA) is 61.8 Å². The summed E-state index contributed by atoms with van der Waals surface area (Å²) < 4.78 is 4.52. The van der Waals surface area contributed by atoms with E-state index in [0.29, 0.717) is 11.0 Å². The van der Waals surface area contributed by atoms with Gasteiger partial charge in [-0.2, -0.15) is 5.26 Å². The zero-order valence-electron chi connectivity index (χ0n) is 18.3. The molecule has 0 bridgehead atoms. The molecule has 3 aliphatic rings. The molecule has 2 saturated heterocycles. The SMILES string of the molecule is N#Cc1ccc(-c2cc3n(c2)Cc2cc(N4CCC5(CNC5)C4)ccc2-n2ccnc2-3)cc1. The van der Waals surface area contributed by atoms with E-state index in [-0.39, 0.29) is 0 Å². The van der Waals surface area contributed by atoms with Gasteiger partial charge in [-0.3, -0.25) is 4.57 Å². The summed E-state index contributed by atoms with van der Waals surface area (Å²) in [6.07, 6.45) is 7.43. The largest absolute Gasteiger partial charge is 0.371 e. The van der Waals surface area contributed by atoms with Crippen molar-refractivity contribution < 1.29 is 0 Å². The summed E-state index contributed by atoms with van der Waals surface area (Å²) in [6, 6.07) is 19.1. The second-order valence-corrected chi connectivity index (χ2v) is 9.64. The van der Waals surface area contributed by atoms with Crippen molar-refractivity contribution in [3.05, 3.63) is 78.2 Å². The van der Waals surface area contributed by atoms with Gasteiger partial charge in [-0.25, -0.2) is 4.98 Å². The number of nitrogens with zero attached hydrogens (tertiary/aromatic N) is 5. The van der Waals surface area contributed by atoms with Crippen molar-refractivity contribution in [1.82, 2.24) is 19.4 Å². The summed E-state index contributed by atoms with van der Waals surface area (Å²) in [5.74, 6) is 0.960. The Kier molecular flexibility index (Phi) is 3.88. The predicted octanol–water partition coefficient (Wildman–Crippen LogP) is 4.04. The Labute approximate surface area is 192 Å². The van der Waals surface area contributed by atoms with Gasteiger partial charge in [-0.15, -0.1) is 0 Å². The van der Waals surface area contributed by atoms with Crippen molar-refractivity contribution >= 4 is 5.69 Å². The van der Waals surface area contributed by atoms with E-state index in [0.717, 1.165) is 55.4 Å². The molecule has 2 aromatic carbocycles. The maximum atomic E-state index is 9.12. The Hall–Kier alpha value is -3.82. The summed E-state index contributed by atoms with van der Waals surface area (Å²) in [7, 11) is 0. The Morgan fingerprint density at radius 3 is 2.67 bits per heavy atom. The fourth-order valence-electron chi connectivity index (χ4n) is 5.65. The van der Waals surface area contributed by atoms with E-state index in [1.54, 1.807) is 0 Å². The zero-order valence-corrected chi connectivity index (χ0v) is 18.3. The zero-order chi connectivity index (χ0) is 22.0. The highest BCUT2D eigenvalue weighted by molar-refractivity contribution is 5.72. The minimum Gasteiger partial charge on any atom is -0.371 e. The van der Waals surface area contributed by atoms with Gasteiger partial charge in [0.15, 0.2) is 5.82 Å². The van der Waals surface area contributed by atoms with Gasteiger partial charge in [-0.1, -0.05) is 12.1 Å². The monoisotopic (exact) mass is 432 g/mol. The molecule has 7 rings (SSSR count). The molecule has 0 amide bonds. The van der Waals surface area contributed by atoms with Crippen LogP contribution in [0, 0.1) is 16.7 Å². The molecule has 0 unspecified atom stereocenters. The van der Waals surface area contributed by atoms with Gasteiger partial charge in [0.1, 0.15) is 0 Å². The molecule has 162 valence electrons. The number of anilines is 1. The van der Waals surface area contributed by atoms with Gasteiger partial charge >= 0.3 is 0 Å². The summed E-state index contributed by atoms with van der Waals surface area (Å²) >= 11 is 0. The molecule has 0 aliphatic carbocycles. The molecule has 1 N–H and O–H groups in total. The first-order valence-corrected chi connectivity index (χ1v) is 11.5. The number of nitrogens with one attached hydrogen (secondary N) is 1. The third-order valence-corrected chi connectivity index (χ3v) is 7.58. The first-order chi connectivity index (χ1) is 16.2. The Morgan fingerprint density at radius 2 is 1.91 bits per heavy atom. The van der Waals surface area contributed by atoms with Crippen LogP contribution in [-0.4, -0.2) is 40.3 Å². The minimum atomic E-state index is 0.480. The smallest absolute Gasteiger partial charge is 0.161 e. The summed E-state index contributed by atoms with van der Waals surface area (Å²) in [5, 5.41) is 12.6. The van der Waals surface area contributed by atoms with E-state index < -0.39 is 0 Å². The summed E-state index contributed by atoms with van der Waals surface area (Å²) in [6.45, 7) is 5.38. The molecule has 6 heteroatoms. The number of hydrogen-bond donors (Lipinski definition) is 1. The quantitative estimate of drug-likeness (QED) is 0.457. The lowest BCUT2D eigenvalue weighted by atomic mass is 9.81. The van der Waals surface area contributed by atoms with E-state index in [1.165, 1.54) is 23.4 Å². The molecule has 5 heterocycles. The van der Waals surface area contributed by atoms with Crippen molar-refractivity contribution in [2.24, 2.45) is 5.41 Å². The van der Waals surface area contributed by atoms with Crippen LogP contribution in [0.3, 0.4) is 0 Å². The molecular weight excluding hydrogens is 408 g/mol. The fourth-order valence-corrected chi connectivity index (χ4v) is 5.65. The third kappa shape index (κ3) is 2.86. The molecule has 2 aromatic heterocycles. The number of imidazole rings is 1. The molecule has 3 aliphatic heterocycles. The standard InChI is InChI=1S/C27H24N6/c28-13-19-1-3-20(4-2-19)21-12-25-26-30-8-10-33(26)24-6-5-23(11-22(24)15-32(25)14-21)31-9-7-27(18-31)16-29-17-27/h1-6,8,10-12,14,29H,7,9,15-18H2. The second-order valence-electron chi connectivity index (χ2n) is 9.64. The van der Waals surface area contributed by atoms with Gasteiger partial charge in [0, 0.05) is 68.0 Å². The summed E-state index contributed by atoms with van der Waals surface area (Å²) in [4.78, 5) is 7.27. The number of hydrogen-bond acceptors (Lipinski definition) is 4. The average molecular weight is 433 g/mol. The number of aromatic nitrogens is 3. The Bertz CT molecular complexity index is 1410. The molecule has 2 fully saturated rings. The highest BCUT2D eigenvalue weighted by Gasteiger charge is 2.43. The highest BCUT2D eigenvalue weighted by atomic mass is 15.2. The van der Waals surface area contributed by atoms with Gasteiger partial charge in [-0.05, 0) is 53.9 Å². The van der Waals surface area contributed by atoms with E-state index >= 15 is 0 Å². The van der Waals surface area contributed by atoms with Gasteiger partial charge in [0.25, 0.3) is 0 Å². The van der Waals surface area contributed by atoms with Crippen LogP contribution in [0.4, 0.5) is 5.69 Å². The van der Waals surface area contributed by atoms with Crippen LogP contribution < -0.4 is 10.2 Å². The average Bonchev–Trinajstić information content (AvgIpc) is 3.56. The van der Waals surface area contributed by atoms with Crippen LogP contribution >= 0.6 is 0 Å². The van der Waals surface area contributed by atoms with Gasteiger partial charge in [0.05, 0.1) is 23.0 Å². The maximum Gasteiger partial charge on any atom is 0.161 e. The van der Waals surface area contributed by atoms with Crippen LogP contribution in [0.15, 0.2) is 67.1 Å². The van der Waals surface area contributed by atoms with Gasteiger partial charge in [0.2, 0.25) is 0 Å². The molecule has 6 nitrogen and oxygen atoms in total.